The largest absolute Gasteiger partial charge is 0.444 e. The molecule has 0 spiro atoms. The first-order valence-corrected chi connectivity index (χ1v) is 9.13. The summed E-state index contributed by atoms with van der Waals surface area (Å²) in [5, 5.41) is 18.4. The molecule has 27 heavy (non-hydrogen) atoms. The Bertz CT molecular complexity index is 669. The molecule has 2 rings (SSSR count). The Labute approximate surface area is 158 Å². The van der Waals surface area contributed by atoms with Crippen LogP contribution >= 0.6 is 0 Å². The number of carbonyl (C=O) groups is 1. The van der Waals surface area contributed by atoms with E-state index in [1.165, 1.54) is 6.20 Å². The minimum absolute atomic E-state index is 0.00984. The van der Waals surface area contributed by atoms with Gasteiger partial charge >= 0.3 is 11.8 Å². The quantitative estimate of drug-likeness (QED) is 0.613. The normalized spacial score (nSPS) is 20.9. The highest BCUT2D eigenvalue weighted by Gasteiger charge is 2.33. The minimum Gasteiger partial charge on any atom is -0.444 e. The first-order valence-electron chi connectivity index (χ1n) is 9.13. The van der Waals surface area contributed by atoms with Gasteiger partial charge in [-0.15, -0.1) is 0 Å². The smallest absolute Gasteiger partial charge is 0.407 e. The molecule has 0 radical (unpaired) electrons. The van der Waals surface area contributed by atoms with E-state index in [0.29, 0.717) is 38.3 Å². The zero-order valence-corrected chi connectivity index (χ0v) is 16.6. The molecule has 2 heterocycles. The molecule has 10 nitrogen and oxygen atoms in total. The van der Waals surface area contributed by atoms with Gasteiger partial charge in [0.05, 0.1) is 17.1 Å². The van der Waals surface area contributed by atoms with E-state index in [9.17, 15) is 14.9 Å². The molecule has 1 saturated heterocycles. The van der Waals surface area contributed by atoms with Crippen molar-refractivity contribution in [3.05, 3.63) is 16.3 Å². The highest BCUT2D eigenvalue weighted by Crippen LogP contribution is 2.30. The van der Waals surface area contributed by atoms with Gasteiger partial charge in [0.25, 0.3) is 0 Å². The van der Waals surface area contributed by atoms with Gasteiger partial charge < -0.3 is 19.7 Å². The minimum atomic E-state index is -0.586. The number of hydrogen-bond acceptors (Lipinski definition) is 7. The van der Waals surface area contributed by atoms with Gasteiger partial charge in [-0.2, -0.15) is 5.10 Å². The van der Waals surface area contributed by atoms with E-state index in [-0.39, 0.29) is 17.8 Å². The number of nitrogens with one attached hydrogen (secondary N) is 1. The molecular formula is C17H29N5O5. The third-order valence-electron chi connectivity index (χ3n) is 4.44. The van der Waals surface area contributed by atoms with Crippen LogP contribution in [0.25, 0.3) is 0 Å². The van der Waals surface area contributed by atoms with E-state index in [2.05, 4.69) is 10.4 Å². The molecule has 1 amide bonds. The highest BCUT2D eigenvalue weighted by molar-refractivity contribution is 5.68. The second-order valence-corrected chi connectivity index (χ2v) is 7.52. The van der Waals surface area contributed by atoms with E-state index < -0.39 is 16.6 Å². The summed E-state index contributed by atoms with van der Waals surface area (Å²) in [5.41, 5.74) is -0.596. The van der Waals surface area contributed by atoms with Crippen LogP contribution in [0, 0.1) is 10.1 Å². The standard InChI is InChI=1S/C17H29N5O5/c1-6-21-15(13(11-18-21)22(24)25)20-9-7-12(14(26-5)8-10-20)19-16(23)27-17(2,3)4/h11-12,14H,6-10H2,1-5H3,(H,19,23)/t12-,14+/m1/s1. The zero-order chi connectivity index (χ0) is 20.2. The lowest BCUT2D eigenvalue weighted by molar-refractivity contribution is -0.384. The van der Waals surface area contributed by atoms with Crippen LogP contribution in [0.3, 0.4) is 0 Å². The van der Waals surface area contributed by atoms with E-state index in [1.807, 2.05) is 11.8 Å². The van der Waals surface area contributed by atoms with E-state index in [1.54, 1.807) is 32.6 Å². The lowest BCUT2D eigenvalue weighted by atomic mass is 10.1. The Morgan fingerprint density at radius 1 is 1.41 bits per heavy atom. The Morgan fingerprint density at radius 3 is 2.63 bits per heavy atom. The van der Waals surface area contributed by atoms with E-state index in [0.717, 1.165) is 0 Å². The molecule has 1 fully saturated rings. The number of methoxy groups -OCH3 is 1. The van der Waals surface area contributed by atoms with Crippen LogP contribution in [-0.2, 0) is 16.0 Å². The SMILES string of the molecule is CCn1ncc([N+](=O)[O-])c1N1CC[C@H](OC)[C@H](NC(=O)OC(C)(C)C)CC1. The number of ether oxygens (including phenoxy) is 2. The molecule has 0 unspecified atom stereocenters. The van der Waals surface area contributed by atoms with Crippen molar-refractivity contribution in [2.24, 2.45) is 0 Å². The molecule has 0 aromatic carbocycles. The molecule has 10 heteroatoms. The van der Waals surface area contributed by atoms with Gasteiger partial charge in [-0.3, -0.25) is 10.1 Å². The van der Waals surface area contributed by atoms with Crippen molar-refractivity contribution in [3.63, 3.8) is 0 Å². The fourth-order valence-corrected chi connectivity index (χ4v) is 3.25. The van der Waals surface area contributed by atoms with Crippen LogP contribution in [0.5, 0.6) is 0 Å². The van der Waals surface area contributed by atoms with Crippen molar-refractivity contribution < 1.29 is 19.2 Å². The molecule has 1 N–H and O–H groups in total. The van der Waals surface area contributed by atoms with Crippen LogP contribution in [-0.4, -0.2) is 58.7 Å². The van der Waals surface area contributed by atoms with Crippen molar-refractivity contribution in [1.29, 1.82) is 0 Å². The fraction of sp³-hybridized carbons (Fsp3) is 0.765. The molecule has 1 aromatic rings. The van der Waals surface area contributed by atoms with Crippen molar-refractivity contribution in [2.75, 3.05) is 25.1 Å². The monoisotopic (exact) mass is 383 g/mol. The number of aryl methyl sites for hydroxylation is 1. The number of alkyl carbamates (subject to hydrolysis) is 1. The molecule has 0 saturated carbocycles. The number of aromatic nitrogens is 2. The molecule has 2 atom stereocenters. The molecule has 1 aromatic heterocycles. The van der Waals surface area contributed by atoms with Gasteiger partial charge in [-0.1, -0.05) is 0 Å². The summed E-state index contributed by atoms with van der Waals surface area (Å²) in [6.45, 7) is 8.95. The lowest BCUT2D eigenvalue weighted by Crippen LogP contribution is -2.46. The Morgan fingerprint density at radius 2 is 2.07 bits per heavy atom. The number of amides is 1. The topological polar surface area (TPSA) is 112 Å². The average Bonchev–Trinajstić information content (AvgIpc) is 2.90. The van der Waals surface area contributed by atoms with Gasteiger partial charge in [0.15, 0.2) is 0 Å². The van der Waals surface area contributed by atoms with Crippen LogP contribution in [0.2, 0.25) is 0 Å². The third-order valence-corrected chi connectivity index (χ3v) is 4.44. The Kier molecular flexibility index (Phi) is 6.63. The third kappa shape index (κ3) is 5.31. The Hall–Kier alpha value is -2.36. The van der Waals surface area contributed by atoms with Crippen LogP contribution in [0.15, 0.2) is 6.20 Å². The molecule has 1 aliphatic rings. The van der Waals surface area contributed by atoms with Crippen molar-refractivity contribution >= 4 is 17.6 Å². The highest BCUT2D eigenvalue weighted by atomic mass is 16.6. The summed E-state index contributed by atoms with van der Waals surface area (Å²) in [6, 6.07) is -0.244. The van der Waals surface area contributed by atoms with Crippen molar-refractivity contribution in [2.45, 2.75) is 64.8 Å². The van der Waals surface area contributed by atoms with Gasteiger partial charge in [-0.05, 0) is 40.5 Å². The molecule has 0 aliphatic carbocycles. The van der Waals surface area contributed by atoms with E-state index >= 15 is 0 Å². The number of nitro groups is 1. The maximum Gasteiger partial charge on any atom is 0.407 e. The lowest BCUT2D eigenvalue weighted by Gasteiger charge is -2.26. The number of carbonyl (C=O) groups excluding carboxylic acids is 1. The predicted octanol–water partition coefficient (Wildman–Crippen LogP) is 2.32. The average molecular weight is 383 g/mol. The molecule has 1 aliphatic heterocycles. The number of anilines is 1. The number of rotatable bonds is 5. The second-order valence-electron chi connectivity index (χ2n) is 7.52. The summed E-state index contributed by atoms with van der Waals surface area (Å²) >= 11 is 0. The van der Waals surface area contributed by atoms with Crippen molar-refractivity contribution in [3.8, 4) is 0 Å². The summed E-state index contributed by atoms with van der Waals surface area (Å²) < 4.78 is 12.5. The van der Waals surface area contributed by atoms with Crippen LogP contribution < -0.4 is 10.2 Å². The Balaban J connectivity index is 2.15. The van der Waals surface area contributed by atoms with Crippen LogP contribution in [0.4, 0.5) is 16.3 Å². The molecule has 152 valence electrons. The van der Waals surface area contributed by atoms with Gasteiger partial charge in [0.1, 0.15) is 11.8 Å². The van der Waals surface area contributed by atoms with Crippen LogP contribution in [0.1, 0.15) is 40.5 Å². The maximum atomic E-state index is 12.1. The molecular weight excluding hydrogens is 354 g/mol. The summed E-state index contributed by atoms with van der Waals surface area (Å²) in [7, 11) is 1.60. The summed E-state index contributed by atoms with van der Waals surface area (Å²) in [6.07, 6.45) is 1.77. The van der Waals surface area contributed by atoms with Gasteiger partial charge in [0.2, 0.25) is 5.82 Å². The summed E-state index contributed by atoms with van der Waals surface area (Å²) in [4.78, 5) is 25.0. The maximum absolute atomic E-state index is 12.1. The zero-order valence-electron chi connectivity index (χ0n) is 16.6. The van der Waals surface area contributed by atoms with Gasteiger partial charge in [0, 0.05) is 26.7 Å². The first kappa shape index (κ1) is 20.9. The summed E-state index contributed by atoms with van der Waals surface area (Å²) in [5.74, 6) is 0.496. The molecule has 0 bridgehead atoms. The predicted molar refractivity (Wildman–Crippen MR) is 100.0 cm³/mol. The number of hydrogen-bond donors (Lipinski definition) is 1. The first-order chi connectivity index (χ1) is 12.7. The fourth-order valence-electron chi connectivity index (χ4n) is 3.25. The van der Waals surface area contributed by atoms with Crippen molar-refractivity contribution in [1.82, 2.24) is 15.1 Å². The van der Waals surface area contributed by atoms with Gasteiger partial charge in [-0.25, -0.2) is 9.48 Å². The second kappa shape index (κ2) is 8.55. The van der Waals surface area contributed by atoms with E-state index in [4.69, 9.17) is 9.47 Å². The number of nitrogens with zero attached hydrogens (tertiary/aromatic N) is 4.